The highest BCUT2D eigenvalue weighted by molar-refractivity contribution is 5.87. The van der Waals surface area contributed by atoms with Gasteiger partial charge in [-0.2, -0.15) is 0 Å². The SMILES string of the molecule is C1=C=Cc2cc(C3=CC(c4cc(-c5ccc(-c6cccnc6)cc5)nc(-c5cccc(-c6ccccc6)c5)n4)=CCC3)ccc2C=1. The molecule has 0 bridgehead atoms. The van der Waals surface area contributed by atoms with Crippen molar-refractivity contribution in [2.75, 3.05) is 0 Å². The number of benzene rings is 4. The van der Waals surface area contributed by atoms with Gasteiger partial charge in [0.25, 0.3) is 0 Å². The molecule has 0 saturated heterocycles. The first kappa shape index (κ1) is 27.4. The standard InChI is InChI=1S/C43H29N3/c1-2-9-30(10-3-1)35-13-7-16-39(27-35)43-45-41(33-21-18-32(19-22-33)40-17-8-24-44-29-40)28-42(46-43)38-15-6-14-36(26-38)37-23-20-31-11-4-5-12-34(31)25-37/h1-3,7-13,15-29H,6,14H2. The van der Waals surface area contributed by atoms with Crippen molar-refractivity contribution >= 4 is 23.3 Å². The van der Waals surface area contributed by atoms with E-state index in [1.165, 1.54) is 27.8 Å². The van der Waals surface area contributed by atoms with Crippen LogP contribution < -0.4 is 0 Å². The second kappa shape index (κ2) is 12.1. The van der Waals surface area contributed by atoms with Crippen LogP contribution in [0.4, 0.5) is 0 Å². The van der Waals surface area contributed by atoms with E-state index in [1.807, 2.05) is 30.5 Å². The van der Waals surface area contributed by atoms with Gasteiger partial charge < -0.3 is 0 Å². The second-order valence-corrected chi connectivity index (χ2v) is 11.5. The normalized spacial score (nSPS) is 13.2. The molecule has 2 heterocycles. The molecule has 216 valence electrons. The largest absolute Gasteiger partial charge is 0.264 e. The predicted molar refractivity (Wildman–Crippen MR) is 189 cm³/mol. The van der Waals surface area contributed by atoms with E-state index < -0.39 is 0 Å². The third kappa shape index (κ3) is 5.61. The minimum atomic E-state index is 0.709. The summed E-state index contributed by atoms with van der Waals surface area (Å²) in [5, 5.41) is 0. The number of nitrogens with zero attached hydrogens (tertiary/aromatic N) is 3. The molecule has 0 saturated carbocycles. The molecule has 2 aromatic heterocycles. The summed E-state index contributed by atoms with van der Waals surface area (Å²) < 4.78 is 0. The van der Waals surface area contributed by atoms with Crippen molar-refractivity contribution in [3.63, 3.8) is 0 Å². The van der Waals surface area contributed by atoms with E-state index in [4.69, 9.17) is 9.97 Å². The van der Waals surface area contributed by atoms with E-state index in [-0.39, 0.29) is 0 Å². The number of fused-ring (bicyclic) bond motifs is 1. The number of hydrogen-bond donors (Lipinski definition) is 0. The van der Waals surface area contributed by atoms with Gasteiger partial charge in [0.2, 0.25) is 0 Å². The van der Waals surface area contributed by atoms with Gasteiger partial charge in [-0.25, -0.2) is 9.97 Å². The van der Waals surface area contributed by atoms with E-state index in [0.29, 0.717) is 5.82 Å². The monoisotopic (exact) mass is 587 g/mol. The third-order valence-electron chi connectivity index (χ3n) is 8.53. The predicted octanol–water partition coefficient (Wildman–Crippen LogP) is 10.6. The van der Waals surface area contributed by atoms with Crippen LogP contribution in [0.2, 0.25) is 0 Å². The average Bonchev–Trinajstić information content (AvgIpc) is 3.15. The highest BCUT2D eigenvalue weighted by Crippen LogP contribution is 2.35. The first-order valence-electron chi connectivity index (χ1n) is 15.6. The molecule has 0 radical (unpaired) electrons. The number of aromatic nitrogens is 3. The van der Waals surface area contributed by atoms with Crippen LogP contribution in [0.5, 0.6) is 0 Å². The summed E-state index contributed by atoms with van der Waals surface area (Å²) in [6.07, 6.45) is 14.2. The van der Waals surface area contributed by atoms with Gasteiger partial charge in [-0.3, -0.25) is 4.98 Å². The molecule has 3 heteroatoms. The Labute approximate surface area is 269 Å². The highest BCUT2D eigenvalue weighted by atomic mass is 14.9. The van der Waals surface area contributed by atoms with Crippen LogP contribution >= 0.6 is 0 Å². The van der Waals surface area contributed by atoms with Gasteiger partial charge in [-0.15, -0.1) is 0 Å². The van der Waals surface area contributed by atoms with E-state index >= 15 is 0 Å². The molecule has 2 aliphatic rings. The lowest BCUT2D eigenvalue weighted by Gasteiger charge is -2.17. The number of rotatable bonds is 6. The van der Waals surface area contributed by atoms with Crippen LogP contribution in [0.15, 0.2) is 151 Å². The van der Waals surface area contributed by atoms with Crippen molar-refractivity contribution in [1.82, 2.24) is 15.0 Å². The van der Waals surface area contributed by atoms with Crippen LogP contribution in [0.1, 0.15) is 35.2 Å². The van der Waals surface area contributed by atoms with Crippen LogP contribution in [-0.4, -0.2) is 15.0 Å². The summed E-state index contributed by atoms with van der Waals surface area (Å²) in [6, 6.07) is 40.3. The van der Waals surface area contributed by atoms with Crippen molar-refractivity contribution in [2.24, 2.45) is 0 Å². The Bertz CT molecular complexity index is 2250. The molecule has 0 unspecified atom stereocenters. The van der Waals surface area contributed by atoms with Crippen molar-refractivity contribution in [3.05, 3.63) is 174 Å². The van der Waals surface area contributed by atoms with Crippen LogP contribution in [-0.2, 0) is 0 Å². The molecule has 6 aromatic rings. The van der Waals surface area contributed by atoms with Gasteiger partial charge >= 0.3 is 0 Å². The second-order valence-electron chi connectivity index (χ2n) is 11.5. The van der Waals surface area contributed by atoms with Gasteiger partial charge in [0.15, 0.2) is 5.82 Å². The molecule has 8 rings (SSSR count). The molecule has 4 aromatic carbocycles. The van der Waals surface area contributed by atoms with Crippen LogP contribution in [0, 0.1) is 0 Å². The van der Waals surface area contributed by atoms with E-state index in [2.05, 4.69) is 132 Å². The zero-order valence-corrected chi connectivity index (χ0v) is 25.2. The maximum atomic E-state index is 5.19. The Hall–Kier alpha value is -6.11. The van der Waals surface area contributed by atoms with Crippen LogP contribution in [0.3, 0.4) is 0 Å². The Morgan fingerprint density at radius 1 is 0.522 bits per heavy atom. The van der Waals surface area contributed by atoms with Crippen molar-refractivity contribution in [1.29, 1.82) is 0 Å². The molecule has 0 fully saturated rings. The minimum absolute atomic E-state index is 0.709. The molecular weight excluding hydrogens is 558 g/mol. The lowest BCUT2D eigenvalue weighted by atomic mass is 9.90. The third-order valence-corrected chi connectivity index (χ3v) is 8.53. The smallest absolute Gasteiger partial charge is 0.160 e. The molecular formula is C43H29N3. The molecule has 0 aliphatic heterocycles. The van der Waals surface area contributed by atoms with E-state index in [0.717, 1.165) is 57.6 Å². The Balaban J connectivity index is 1.22. The lowest BCUT2D eigenvalue weighted by Crippen LogP contribution is -2.00. The summed E-state index contributed by atoms with van der Waals surface area (Å²) >= 11 is 0. The highest BCUT2D eigenvalue weighted by Gasteiger charge is 2.16. The van der Waals surface area contributed by atoms with Crippen molar-refractivity contribution < 1.29 is 0 Å². The maximum absolute atomic E-state index is 5.19. The summed E-state index contributed by atoms with van der Waals surface area (Å²) in [4.78, 5) is 14.6. The Kier molecular flexibility index (Phi) is 7.23. The molecule has 46 heavy (non-hydrogen) atoms. The summed E-state index contributed by atoms with van der Waals surface area (Å²) in [5.41, 5.74) is 20.5. The molecule has 3 nitrogen and oxygen atoms in total. The van der Waals surface area contributed by atoms with E-state index in [1.54, 1.807) is 6.20 Å². The minimum Gasteiger partial charge on any atom is -0.264 e. The van der Waals surface area contributed by atoms with Crippen LogP contribution in [0.25, 0.3) is 68.2 Å². The Morgan fingerprint density at radius 3 is 2.09 bits per heavy atom. The molecule has 0 amide bonds. The summed E-state index contributed by atoms with van der Waals surface area (Å²) in [6.45, 7) is 0. The number of allylic oxidation sites excluding steroid dienone is 4. The van der Waals surface area contributed by atoms with Gasteiger partial charge in [0, 0.05) is 23.5 Å². The summed E-state index contributed by atoms with van der Waals surface area (Å²) in [5.74, 6) is 0.709. The average molecular weight is 588 g/mol. The lowest BCUT2D eigenvalue weighted by molar-refractivity contribution is 1.05. The van der Waals surface area contributed by atoms with Gasteiger partial charge in [-0.1, -0.05) is 109 Å². The maximum Gasteiger partial charge on any atom is 0.160 e. The first-order valence-corrected chi connectivity index (χ1v) is 15.6. The first-order chi connectivity index (χ1) is 22.8. The summed E-state index contributed by atoms with van der Waals surface area (Å²) in [7, 11) is 0. The van der Waals surface area contributed by atoms with Crippen molar-refractivity contribution in [3.8, 4) is 44.9 Å². The topological polar surface area (TPSA) is 38.7 Å². The fraction of sp³-hybridized carbons (Fsp3) is 0.0465. The Morgan fingerprint density at radius 2 is 1.24 bits per heavy atom. The molecule has 2 aliphatic carbocycles. The van der Waals surface area contributed by atoms with Gasteiger partial charge in [0.05, 0.1) is 11.4 Å². The van der Waals surface area contributed by atoms with Gasteiger partial charge in [-0.05, 0) is 105 Å². The van der Waals surface area contributed by atoms with E-state index in [9.17, 15) is 0 Å². The van der Waals surface area contributed by atoms with Gasteiger partial charge in [0.1, 0.15) is 0 Å². The van der Waals surface area contributed by atoms with Crippen molar-refractivity contribution in [2.45, 2.75) is 12.8 Å². The fourth-order valence-corrected chi connectivity index (χ4v) is 6.09. The zero-order chi connectivity index (χ0) is 30.7. The molecule has 0 atom stereocenters. The zero-order valence-electron chi connectivity index (χ0n) is 25.2. The molecule has 0 N–H and O–H groups in total. The quantitative estimate of drug-likeness (QED) is 0.182. The molecule has 0 spiro atoms. The number of pyridine rings is 1. The number of hydrogen-bond acceptors (Lipinski definition) is 3. The fourth-order valence-electron chi connectivity index (χ4n) is 6.09.